The van der Waals surface area contributed by atoms with E-state index in [1.807, 2.05) is 24.1 Å². The van der Waals surface area contributed by atoms with Crippen molar-refractivity contribution < 1.29 is 4.39 Å². The van der Waals surface area contributed by atoms with Gasteiger partial charge in [-0.1, -0.05) is 13.0 Å². The first-order valence-electron chi connectivity index (χ1n) is 6.84. The van der Waals surface area contributed by atoms with Gasteiger partial charge < -0.3 is 10.6 Å². The topological polar surface area (TPSA) is 36.4 Å². The molecule has 0 aliphatic heterocycles. The van der Waals surface area contributed by atoms with Crippen LogP contribution in [0.5, 0.6) is 0 Å². The zero-order valence-corrected chi connectivity index (χ0v) is 14.7. The van der Waals surface area contributed by atoms with E-state index in [1.165, 1.54) is 6.07 Å². The second-order valence-corrected chi connectivity index (χ2v) is 6.84. The van der Waals surface area contributed by atoms with Gasteiger partial charge in [-0.2, -0.15) is 23.5 Å². The van der Waals surface area contributed by atoms with Gasteiger partial charge in [-0.25, -0.2) is 4.39 Å². The van der Waals surface area contributed by atoms with Crippen LogP contribution >= 0.6 is 23.5 Å². The molecule has 2 N–H and O–H groups in total. The van der Waals surface area contributed by atoms with Gasteiger partial charge in [0.25, 0.3) is 0 Å². The van der Waals surface area contributed by atoms with Crippen LogP contribution in [0.2, 0.25) is 0 Å². The fraction of sp³-hybridized carbons (Fsp3) is 0.533. The molecular weight excluding hydrogens is 305 g/mol. The molecule has 0 amide bonds. The molecule has 1 atom stereocenters. The summed E-state index contributed by atoms with van der Waals surface area (Å²) in [6, 6.07) is 4.96. The van der Waals surface area contributed by atoms with Gasteiger partial charge in [0.1, 0.15) is 5.82 Å². The van der Waals surface area contributed by atoms with Gasteiger partial charge in [0.2, 0.25) is 0 Å². The normalized spacial score (nSPS) is 13.1. The first-order valence-corrected chi connectivity index (χ1v) is 9.52. The Morgan fingerprint density at radius 1 is 1.29 bits per heavy atom. The van der Waals surface area contributed by atoms with Crippen LogP contribution in [0, 0.1) is 5.82 Å². The lowest BCUT2D eigenvalue weighted by Gasteiger charge is -2.16. The van der Waals surface area contributed by atoms with Crippen LogP contribution < -0.4 is 10.6 Å². The van der Waals surface area contributed by atoms with Gasteiger partial charge in [0.05, 0.1) is 0 Å². The molecule has 0 aliphatic rings. The molecule has 0 saturated heterocycles. The summed E-state index contributed by atoms with van der Waals surface area (Å²) in [6.07, 6.45) is 4.11. The molecule has 0 radical (unpaired) electrons. The van der Waals surface area contributed by atoms with Gasteiger partial charge in [0, 0.05) is 31.1 Å². The van der Waals surface area contributed by atoms with Crippen LogP contribution in [0.15, 0.2) is 23.2 Å². The van der Waals surface area contributed by atoms with E-state index in [-0.39, 0.29) is 5.82 Å². The molecule has 1 aromatic rings. The summed E-state index contributed by atoms with van der Waals surface area (Å²) in [5, 5.41) is 7.10. The molecule has 1 aromatic carbocycles. The quantitative estimate of drug-likeness (QED) is 0.595. The summed E-state index contributed by atoms with van der Waals surface area (Å²) in [6.45, 7) is 3.67. The number of nitrogens with zero attached hydrogens (tertiary/aromatic N) is 1. The molecule has 6 heteroatoms. The van der Waals surface area contributed by atoms with E-state index in [0.717, 1.165) is 29.4 Å². The predicted octanol–water partition coefficient (Wildman–Crippen LogP) is 3.11. The van der Waals surface area contributed by atoms with Crippen molar-refractivity contribution in [2.75, 3.05) is 26.1 Å². The summed E-state index contributed by atoms with van der Waals surface area (Å²) in [4.78, 5) is 4.21. The van der Waals surface area contributed by atoms with Crippen molar-refractivity contribution in [2.45, 2.75) is 24.5 Å². The highest BCUT2D eigenvalue weighted by Crippen LogP contribution is 2.16. The van der Waals surface area contributed by atoms with E-state index in [1.54, 1.807) is 24.9 Å². The number of rotatable bonds is 7. The van der Waals surface area contributed by atoms with E-state index >= 15 is 0 Å². The molecule has 0 saturated carbocycles. The molecule has 21 heavy (non-hydrogen) atoms. The highest BCUT2D eigenvalue weighted by molar-refractivity contribution is 7.99. The van der Waals surface area contributed by atoms with E-state index in [4.69, 9.17) is 0 Å². The molecule has 0 aromatic heterocycles. The number of nitrogens with one attached hydrogen (secondary N) is 2. The van der Waals surface area contributed by atoms with Gasteiger partial charge in [-0.3, -0.25) is 4.99 Å². The van der Waals surface area contributed by atoms with Crippen molar-refractivity contribution in [1.82, 2.24) is 10.6 Å². The Balaban J connectivity index is 2.60. The first kappa shape index (κ1) is 18.2. The van der Waals surface area contributed by atoms with Crippen LogP contribution in [0.1, 0.15) is 18.1 Å². The van der Waals surface area contributed by atoms with Crippen molar-refractivity contribution in [1.29, 1.82) is 0 Å². The maximum Gasteiger partial charge on any atom is 0.191 e. The first-order chi connectivity index (χ1) is 10.1. The van der Waals surface area contributed by atoms with Crippen molar-refractivity contribution in [2.24, 2.45) is 4.99 Å². The smallest absolute Gasteiger partial charge is 0.191 e. The molecule has 0 aliphatic carbocycles. The maximum atomic E-state index is 13.3. The van der Waals surface area contributed by atoms with Crippen LogP contribution in [0.3, 0.4) is 0 Å². The third-order valence-electron chi connectivity index (χ3n) is 3.10. The Bertz CT molecular complexity index is 466. The number of hydrogen-bond donors (Lipinski definition) is 2. The molecule has 118 valence electrons. The molecule has 3 nitrogen and oxygen atoms in total. The lowest BCUT2D eigenvalue weighted by Crippen LogP contribution is -2.39. The Morgan fingerprint density at radius 3 is 2.67 bits per heavy atom. The standard InChI is InChI=1S/C15H24FN3S2/c1-11(21-4)8-18-15(17-2)19-9-12-5-6-14(16)7-13(12)10-20-3/h5-7,11H,8-10H2,1-4H3,(H2,17,18,19). The minimum Gasteiger partial charge on any atom is -0.355 e. The van der Waals surface area contributed by atoms with Crippen LogP contribution in [-0.2, 0) is 12.3 Å². The number of guanidine groups is 1. The third-order valence-corrected chi connectivity index (χ3v) is 4.67. The van der Waals surface area contributed by atoms with Gasteiger partial charge in [-0.15, -0.1) is 0 Å². The molecular formula is C15H24FN3S2. The zero-order chi connectivity index (χ0) is 15.7. The fourth-order valence-corrected chi connectivity index (χ4v) is 2.61. The van der Waals surface area contributed by atoms with Crippen molar-refractivity contribution in [3.8, 4) is 0 Å². The van der Waals surface area contributed by atoms with Crippen molar-refractivity contribution in [3.63, 3.8) is 0 Å². The lowest BCUT2D eigenvalue weighted by molar-refractivity contribution is 0.625. The number of hydrogen-bond acceptors (Lipinski definition) is 3. The average Bonchev–Trinajstić information content (AvgIpc) is 2.49. The monoisotopic (exact) mass is 329 g/mol. The molecule has 0 heterocycles. The van der Waals surface area contributed by atoms with E-state index in [0.29, 0.717) is 11.8 Å². The molecule has 1 unspecified atom stereocenters. The Kier molecular flexibility index (Phi) is 8.61. The summed E-state index contributed by atoms with van der Waals surface area (Å²) in [7, 11) is 1.76. The summed E-state index contributed by atoms with van der Waals surface area (Å²) in [5.41, 5.74) is 2.13. The predicted molar refractivity (Wildman–Crippen MR) is 94.8 cm³/mol. The number of benzene rings is 1. The second-order valence-electron chi connectivity index (χ2n) is 4.70. The summed E-state index contributed by atoms with van der Waals surface area (Å²) < 4.78 is 13.3. The van der Waals surface area contributed by atoms with Crippen molar-refractivity contribution in [3.05, 3.63) is 35.1 Å². The van der Waals surface area contributed by atoms with Crippen LogP contribution in [0.4, 0.5) is 4.39 Å². The molecule has 0 bridgehead atoms. The van der Waals surface area contributed by atoms with Gasteiger partial charge in [-0.05, 0) is 35.8 Å². The van der Waals surface area contributed by atoms with Crippen molar-refractivity contribution >= 4 is 29.5 Å². The minimum absolute atomic E-state index is 0.181. The molecule has 0 spiro atoms. The number of thioether (sulfide) groups is 2. The molecule has 1 rings (SSSR count). The zero-order valence-electron chi connectivity index (χ0n) is 13.1. The number of halogens is 1. The van der Waals surface area contributed by atoms with E-state index in [2.05, 4.69) is 28.8 Å². The van der Waals surface area contributed by atoms with Gasteiger partial charge in [0.15, 0.2) is 5.96 Å². The summed E-state index contributed by atoms with van der Waals surface area (Å²) in [5.74, 6) is 1.40. The Morgan fingerprint density at radius 2 is 2.05 bits per heavy atom. The third kappa shape index (κ3) is 6.61. The second kappa shape index (κ2) is 9.95. The van der Waals surface area contributed by atoms with E-state index in [9.17, 15) is 4.39 Å². The van der Waals surface area contributed by atoms with Crippen LogP contribution in [-0.4, -0.2) is 37.3 Å². The fourth-order valence-electron chi connectivity index (χ4n) is 1.78. The highest BCUT2D eigenvalue weighted by atomic mass is 32.2. The SMILES string of the molecule is CN=C(NCc1ccc(F)cc1CSC)NCC(C)SC. The Labute approximate surface area is 135 Å². The Hall–Kier alpha value is -0.880. The highest BCUT2D eigenvalue weighted by Gasteiger charge is 2.06. The van der Waals surface area contributed by atoms with Crippen LogP contribution in [0.25, 0.3) is 0 Å². The lowest BCUT2D eigenvalue weighted by atomic mass is 10.1. The minimum atomic E-state index is -0.181. The summed E-state index contributed by atoms with van der Waals surface area (Å²) >= 11 is 3.50. The number of aliphatic imine (C=N–C) groups is 1. The largest absolute Gasteiger partial charge is 0.355 e. The van der Waals surface area contributed by atoms with E-state index < -0.39 is 0 Å². The van der Waals surface area contributed by atoms with Gasteiger partial charge >= 0.3 is 0 Å². The maximum absolute atomic E-state index is 13.3. The average molecular weight is 330 g/mol. The molecule has 0 fully saturated rings.